The van der Waals surface area contributed by atoms with E-state index in [1.165, 1.54) is 0 Å². The Morgan fingerprint density at radius 3 is 2.62 bits per heavy atom. The number of halogens is 1. The molecule has 2 heterocycles. The molecule has 0 spiro atoms. The highest BCUT2D eigenvalue weighted by molar-refractivity contribution is 7.99. The predicted octanol–water partition coefficient (Wildman–Crippen LogP) is 5.80. The van der Waals surface area contributed by atoms with Gasteiger partial charge in [0.25, 0.3) is 0 Å². The summed E-state index contributed by atoms with van der Waals surface area (Å²) < 4.78 is 13.6. The van der Waals surface area contributed by atoms with Crippen molar-refractivity contribution in [3.63, 3.8) is 0 Å². The van der Waals surface area contributed by atoms with Crippen LogP contribution in [0.2, 0.25) is 5.02 Å². The third-order valence-electron chi connectivity index (χ3n) is 4.55. The third-order valence-corrected chi connectivity index (χ3v) is 5.81. The molecule has 150 valence electrons. The van der Waals surface area contributed by atoms with Crippen LogP contribution in [0.4, 0.5) is 0 Å². The van der Waals surface area contributed by atoms with Crippen molar-refractivity contribution in [3.8, 4) is 11.5 Å². The van der Waals surface area contributed by atoms with Gasteiger partial charge in [-0.1, -0.05) is 35.5 Å². The summed E-state index contributed by atoms with van der Waals surface area (Å²) in [6, 6.07) is 15.7. The monoisotopic (exact) mass is 427 g/mol. The molecule has 0 amide bonds. The Morgan fingerprint density at radius 1 is 1.03 bits per heavy atom. The molecule has 0 aliphatic heterocycles. The van der Waals surface area contributed by atoms with Gasteiger partial charge in [0.2, 0.25) is 0 Å². The zero-order valence-corrected chi connectivity index (χ0v) is 18.0. The molecule has 7 heteroatoms. The van der Waals surface area contributed by atoms with Crippen LogP contribution in [0.25, 0.3) is 16.6 Å². The molecule has 2 aromatic carbocycles. The Kier molecular flexibility index (Phi) is 6.11. The zero-order chi connectivity index (χ0) is 20.2. The second kappa shape index (κ2) is 8.93. The van der Waals surface area contributed by atoms with E-state index in [2.05, 4.69) is 21.5 Å². The second-order valence-electron chi connectivity index (χ2n) is 6.60. The number of pyridine rings is 1. The summed E-state index contributed by atoms with van der Waals surface area (Å²) in [6.45, 7) is 5.27. The third kappa shape index (κ3) is 4.28. The van der Waals surface area contributed by atoms with Crippen molar-refractivity contribution in [1.29, 1.82) is 0 Å². The molecule has 29 heavy (non-hydrogen) atoms. The fourth-order valence-electron chi connectivity index (χ4n) is 3.23. The molecule has 0 atom stereocenters. The van der Waals surface area contributed by atoms with E-state index in [4.69, 9.17) is 21.1 Å². The van der Waals surface area contributed by atoms with Gasteiger partial charge in [-0.3, -0.25) is 4.40 Å². The molecule has 0 N–H and O–H groups in total. The summed E-state index contributed by atoms with van der Waals surface area (Å²) in [7, 11) is 0. The van der Waals surface area contributed by atoms with Crippen molar-refractivity contribution in [2.45, 2.75) is 25.4 Å². The van der Waals surface area contributed by atoms with Gasteiger partial charge in [0.1, 0.15) is 0 Å². The maximum Gasteiger partial charge on any atom is 0.196 e. The molecule has 5 nitrogen and oxygen atoms in total. The number of nitrogens with zero attached hydrogens (tertiary/aromatic N) is 3. The first-order chi connectivity index (χ1) is 14.2. The number of fused-ring (bicyclic) bond motifs is 3. The van der Waals surface area contributed by atoms with Gasteiger partial charge < -0.3 is 9.47 Å². The molecular weight excluding hydrogens is 406 g/mol. The smallest absolute Gasteiger partial charge is 0.196 e. The molecule has 0 aliphatic carbocycles. The van der Waals surface area contributed by atoms with Crippen molar-refractivity contribution in [2.24, 2.45) is 0 Å². The quantitative estimate of drug-likeness (QED) is 0.262. The van der Waals surface area contributed by atoms with Crippen LogP contribution in [-0.2, 0) is 0 Å². The van der Waals surface area contributed by atoms with Crippen LogP contribution in [0.15, 0.2) is 53.7 Å². The Balaban J connectivity index is 1.43. The van der Waals surface area contributed by atoms with Gasteiger partial charge in [0, 0.05) is 16.2 Å². The lowest BCUT2D eigenvalue weighted by Gasteiger charge is -2.11. The summed E-state index contributed by atoms with van der Waals surface area (Å²) in [5, 5.41) is 11.4. The van der Waals surface area contributed by atoms with Crippen molar-refractivity contribution in [1.82, 2.24) is 14.6 Å². The minimum Gasteiger partial charge on any atom is -0.490 e. The van der Waals surface area contributed by atoms with E-state index < -0.39 is 0 Å². The summed E-state index contributed by atoms with van der Waals surface area (Å²) in [5.41, 5.74) is 3.06. The van der Waals surface area contributed by atoms with Crippen LogP contribution < -0.4 is 9.47 Å². The Morgan fingerprint density at radius 2 is 1.83 bits per heavy atom. The molecular formula is C22H22ClN3O2S. The van der Waals surface area contributed by atoms with E-state index in [-0.39, 0.29) is 0 Å². The van der Waals surface area contributed by atoms with E-state index in [0.717, 1.165) is 56.0 Å². The van der Waals surface area contributed by atoms with Crippen molar-refractivity contribution in [3.05, 3.63) is 59.1 Å². The Hall–Kier alpha value is -2.44. The van der Waals surface area contributed by atoms with Crippen LogP contribution >= 0.6 is 23.4 Å². The fourth-order valence-corrected chi connectivity index (χ4v) is 4.27. The van der Waals surface area contributed by atoms with Crippen molar-refractivity contribution in [2.75, 3.05) is 19.0 Å². The van der Waals surface area contributed by atoms with Gasteiger partial charge in [-0.05, 0) is 62.2 Å². The molecule has 0 saturated carbocycles. The maximum atomic E-state index is 6.19. The largest absolute Gasteiger partial charge is 0.490 e. The molecule has 0 unspecified atom stereocenters. The van der Waals surface area contributed by atoms with Gasteiger partial charge in [-0.15, -0.1) is 10.2 Å². The van der Waals surface area contributed by atoms with Gasteiger partial charge >= 0.3 is 0 Å². The summed E-state index contributed by atoms with van der Waals surface area (Å²) in [6.07, 6.45) is 0.885. The Labute approximate surface area is 179 Å². The number of hydrogen-bond acceptors (Lipinski definition) is 5. The van der Waals surface area contributed by atoms with Crippen LogP contribution in [0.3, 0.4) is 0 Å². The standard InChI is InChI=1S/C22H22ClN3O2S/c1-3-27-19-7-4-5-8-20(19)28-11-6-12-29-22-25-24-21-13-15(2)17-14-16(23)9-10-18(17)26(21)22/h4-5,7-10,13-14H,3,6,11-12H2,1-2H3. The number of hydrogen-bond donors (Lipinski definition) is 0. The predicted molar refractivity (Wildman–Crippen MR) is 119 cm³/mol. The minimum absolute atomic E-state index is 0.614. The molecule has 0 saturated heterocycles. The number of aromatic nitrogens is 3. The summed E-state index contributed by atoms with van der Waals surface area (Å²) in [4.78, 5) is 0. The van der Waals surface area contributed by atoms with Gasteiger partial charge in [-0.25, -0.2) is 0 Å². The molecule has 0 radical (unpaired) electrons. The number of thioether (sulfide) groups is 1. The van der Waals surface area contributed by atoms with Crippen molar-refractivity contribution >= 4 is 39.9 Å². The van der Waals surface area contributed by atoms with Crippen LogP contribution in [-0.4, -0.2) is 33.6 Å². The lowest BCUT2D eigenvalue weighted by molar-refractivity contribution is 0.277. The number of rotatable bonds is 8. The van der Waals surface area contributed by atoms with E-state index in [1.807, 2.05) is 55.5 Å². The average Bonchev–Trinajstić information content (AvgIpc) is 3.12. The number of benzene rings is 2. The molecule has 0 bridgehead atoms. The van der Waals surface area contributed by atoms with Gasteiger partial charge in [0.05, 0.1) is 18.7 Å². The SMILES string of the molecule is CCOc1ccccc1OCCCSc1nnc2cc(C)c3cc(Cl)ccc3n12. The second-order valence-corrected chi connectivity index (χ2v) is 8.09. The minimum atomic E-state index is 0.614. The van der Waals surface area contributed by atoms with Crippen LogP contribution in [0, 0.1) is 6.92 Å². The first-order valence-corrected chi connectivity index (χ1v) is 10.9. The van der Waals surface area contributed by atoms with Crippen molar-refractivity contribution < 1.29 is 9.47 Å². The number of para-hydroxylation sites is 2. The lowest BCUT2D eigenvalue weighted by atomic mass is 10.1. The average molecular weight is 428 g/mol. The lowest BCUT2D eigenvalue weighted by Crippen LogP contribution is -2.02. The molecule has 4 aromatic rings. The van der Waals surface area contributed by atoms with E-state index in [9.17, 15) is 0 Å². The Bertz CT molecular complexity index is 1150. The summed E-state index contributed by atoms with van der Waals surface area (Å²) in [5.74, 6) is 2.44. The molecule has 0 fully saturated rings. The van der Waals surface area contributed by atoms with Crippen LogP contribution in [0.5, 0.6) is 11.5 Å². The van der Waals surface area contributed by atoms with Crippen LogP contribution in [0.1, 0.15) is 18.9 Å². The molecule has 2 aromatic heterocycles. The first-order valence-electron chi connectivity index (χ1n) is 9.59. The molecule has 0 aliphatic rings. The van der Waals surface area contributed by atoms with Gasteiger partial charge in [0.15, 0.2) is 22.3 Å². The van der Waals surface area contributed by atoms with E-state index in [1.54, 1.807) is 11.8 Å². The highest BCUT2D eigenvalue weighted by Gasteiger charge is 2.12. The fraction of sp³-hybridized carbons (Fsp3) is 0.273. The topological polar surface area (TPSA) is 48.7 Å². The molecule has 4 rings (SSSR count). The zero-order valence-electron chi connectivity index (χ0n) is 16.4. The number of aryl methyl sites for hydroxylation is 1. The number of ether oxygens (including phenoxy) is 2. The van der Waals surface area contributed by atoms with Gasteiger partial charge in [-0.2, -0.15) is 0 Å². The first kappa shape index (κ1) is 19.9. The summed E-state index contributed by atoms with van der Waals surface area (Å²) >= 11 is 7.86. The van der Waals surface area contributed by atoms with E-state index in [0.29, 0.717) is 13.2 Å². The normalized spacial score (nSPS) is 11.3. The maximum absolute atomic E-state index is 6.19. The highest BCUT2D eigenvalue weighted by atomic mass is 35.5. The van der Waals surface area contributed by atoms with E-state index >= 15 is 0 Å². The highest BCUT2D eigenvalue weighted by Crippen LogP contribution is 2.29.